The zero-order valence-corrected chi connectivity index (χ0v) is 34.3. The summed E-state index contributed by atoms with van der Waals surface area (Å²) >= 11 is 0. The molecule has 0 atom stereocenters. The van der Waals surface area contributed by atoms with Crippen LogP contribution in [0.4, 0.5) is 31.8 Å². The number of nitrogens with zero attached hydrogens (tertiary/aromatic N) is 7. The van der Waals surface area contributed by atoms with Gasteiger partial charge in [0.1, 0.15) is 38.6 Å². The quantitative estimate of drug-likeness (QED) is 0.128. The van der Waals surface area contributed by atoms with Gasteiger partial charge in [0, 0.05) is 93.4 Å². The Hall–Kier alpha value is -5.97. The Kier molecular flexibility index (Phi) is 12.0. The molecule has 0 radical (unpaired) electrons. The first kappa shape index (κ1) is 40.8. The second-order valence-corrected chi connectivity index (χ2v) is 17.4. The first-order chi connectivity index (χ1) is 29.0. The van der Waals surface area contributed by atoms with Crippen LogP contribution in [-0.4, -0.2) is 114 Å². The summed E-state index contributed by atoms with van der Waals surface area (Å²) in [6.45, 7) is 8.56. The SMILES string of the molecule is CCOc1cc(N2CCC(N3CCN(CCS(C)(=O)=O)CC3)CC2)ccc1Nc1nccc(-c2c(-c3cccc(C(=O)Nc4c(F)cccc4F)c3)nc3ccccn23)n1. The fourth-order valence-corrected chi connectivity index (χ4v) is 8.54. The summed E-state index contributed by atoms with van der Waals surface area (Å²) in [7, 11) is -2.96. The van der Waals surface area contributed by atoms with Crippen molar-refractivity contribution in [3.05, 3.63) is 115 Å². The number of piperidine rings is 1. The Bertz CT molecular complexity index is 2590. The number of pyridine rings is 1. The number of sulfone groups is 1. The Morgan fingerprint density at radius 2 is 1.65 bits per heavy atom. The number of hydrogen-bond donors (Lipinski definition) is 2. The third-order valence-corrected chi connectivity index (χ3v) is 12.0. The molecule has 6 aromatic rings. The minimum atomic E-state index is -2.96. The summed E-state index contributed by atoms with van der Waals surface area (Å²) < 4.78 is 60.0. The normalized spacial score (nSPS) is 15.6. The van der Waals surface area contributed by atoms with Gasteiger partial charge < -0.3 is 20.3 Å². The number of ether oxygens (including phenoxy) is 1. The topological polar surface area (TPSA) is 137 Å². The first-order valence-electron chi connectivity index (χ1n) is 20.1. The Morgan fingerprint density at radius 1 is 0.883 bits per heavy atom. The van der Waals surface area contributed by atoms with Crippen LogP contribution in [-0.2, 0) is 9.84 Å². The monoisotopic (exact) mass is 835 g/mol. The number of nitrogens with one attached hydrogen (secondary N) is 2. The van der Waals surface area contributed by atoms with Gasteiger partial charge >= 0.3 is 0 Å². The van der Waals surface area contributed by atoms with E-state index in [0.717, 1.165) is 69.9 Å². The van der Waals surface area contributed by atoms with Gasteiger partial charge in [-0.25, -0.2) is 32.2 Å². The highest BCUT2D eigenvalue weighted by Gasteiger charge is 2.28. The molecule has 8 rings (SSSR count). The van der Waals surface area contributed by atoms with Crippen LogP contribution in [0.5, 0.6) is 5.75 Å². The molecule has 2 aliphatic rings. The minimum Gasteiger partial charge on any atom is -0.492 e. The summed E-state index contributed by atoms with van der Waals surface area (Å²) in [6, 6.07) is 24.2. The van der Waals surface area contributed by atoms with Crippen molar-refractivity contribution in [1.29, 1.82) is 0 Å². The number of para-hydroxylation sites is 1. The van der Waals surface area contributed by atoms with Gasteiger partial charge in [-0.1, -0.05) is 24.3 Å². The number of carbonyl (C=O) groups excluding carboxylic acids is 1. The lowest BCUT2D eigenvalue weighted by molar-refractivity contribution is 0.0882. The van der Waals surface area contributed by atoms with Crippen molar-refractivity contribution in [2.45, 2.75) is 25.8 Å². The zero-order valence-electron chi connectivity index (χ0n) is 33.5. The third kappa shape index (κ3) is 9.25. The molecule has 0 bridgehead atoms. The van der Waals surface area contributed by atoms with Gasteiger partial charge in [0.25, 0.3) is 5.91 Å². The second-order valence-electron chi connectivity index (χ2n) is 15.1. The van der Waals surface area contributed by atoms with E-state index < -0.39 is 33.1 Å². The van der Waals surface area contributed by atoms with Crippen molar-refractivity contribution < 1.29 is 26.7 Å². The number of fused-ring (bicyclic) bond motifs is 1. The number of hydrogen-bond acceptors (Lipinski definition) is 11. The van der Waals surface area contributed by atoms with Crippen LogP contribution in [0.2, 0.25) is 0 Å². The lowest BCUT2D eigenvalue weighted by Crippen LogP contribution is -2.53. The van der Waals surface area contributed by atoms with E-state index in [2.05, 4.69) is 42.5 Å². The van der Waals surface area contributed by atoms with Crippen LogP contribution in [0, 0.1) is 11.6 Å². The number of benzene rings is 3. The first-order valence-corrected chi connectivity index (χ1v) is 22.2. The number of rotatable bonds is 13. The highest BCUT2D eigenvalue weighted by Crippen LogP contribution is 2.36. The van der Waals surface area contributed by atoms with Crippen LogP contribution in [0.15, 0.2) is 97.3 Å². The molecule has 0 unspecified atom stereocenters. The molecule has 0 spiro atoms. The van der Waals surface area contributed by atoms with E-state index in [9.17, 15) is 22.0 Å². The summed E-state index contributed by atoms with van der Waals surface area (Å²) in [5.41, 5.74) is 4.50. The Labute approximate surface area is 348 Å². The van der Waals surface area contributed by atoms with Gasteiger partial charge in [0.2, 0.25) is 5.95 Å². The van der Waals surface area contributed by atoms with Crippen LogP contribution in [0.1, 0.15) is 30.1 Å². The summed E-state index contributed by atoms with van der Waals surface area (Å²) in [5, 5.41) is 5.73. The fraction of sp³-hybridized carbons (Fsp3) is 0.318. The molecular weight excluding hydrogens is 789 g/mol. The largest absolute Gasteiger partial charge is 0.492 e. The van der Waals surface area contributed by atoms with Gasteiger partial charge in [-0.05, 0) is 74.4 Å². The summed E-state index contributed by atoms with van der Waals surface area (Å²) in [6.07, 6.45) is 6.94. The molecule has 13 nitrogen and oxygen atoms in total. The molecule has 2 N–H and O–H groups in total. The van der Waals surface area contributed by atoms with E-state index in [-0.39, 0.29) is 11.3 Å². The molecule has 2 saturated heterocycles. The van der Waals surface area contributed by atoms with Crippen molar-refractivity contribution in [1.82, 2.24) is 29.2 Å². The summed E-state index contributed by atoms with van der Waals surface area (Å²) in [4.78, 5) is 34.8. The van der Waals surface area contributed by atoms with E-state index >= 15 is 0 Å². The van der Waals surface area contributed by atoms with Crippen molar-refractivity contribution in [3.63, 3.8) is 0 Å². The molecule has 3 aromatic carbocycles. The lowest BCUT2D eigenvalue weighted by atomic mass is 10.0. The van der Waals surface area contributed by atoms with Gasteiger partial charge in [-0.15, -0.1) is 0 Å². The van der Waals surface area contributed by atoms with Crippen molar-refractivity contribution >= 4 is 44.4 Å². The predicted octanol–water partition coefficient (Wildman–Crippen LogP) is 6.76. The van der Waals surface area contributed by atoms with E-state index in [1.807, 2.05) is 47.9 Å². The maximum atomic E-state index is 14.4. The molecule has 16 heteroatoms. The summed E-state index contributed by atoms with van der Waals surface area (Å²) in [5.74, 6) is -1.18. The molecule has 5 heterocycles. The molecule has 3 aromatic heterocycles. The standard InChI is InChI=1S/C44H47F2N9O4S/c1-3-59-38-29-33(53-20-16-32(17-21-53)54-24-22-52(23-25-54)26-27-60(2,57)58)13-14-36(38)48-44-47-18-15-37(49-44)42-40(50-39-12-4-5-19-55(39)42)30-8-6-9-31(28-30)43(56)51-41-34(45)10-7-11-35(41)46/h4-15,18-19,28-29,32H,3,16-17,20-27H2,1-2H3,(H,51,56)(H,47,48,49). The van der Waals surface area contributed by atoms with Crippen LogP contribution in [0.3, 0.4) is 0 Å². The van der Waals surface area contributed by atoms with E-state index in [0.29, 0.717) is 64.9 Å². The number of halogens is 2. The zero-order chi connectivity index (χ0) is 41.8. The molecule has 1 amide bonds. The van der Waals surface area contributed by atoms with Gasteiger partial charge in [-0.2, -0.15) is 0 Å². The van der Waals surface area contributed by atoms with Crippen molar-refractivity contribution in [2.24, 2.45) is 0 Å². The average Bonchev–Trinajstić information content (AvgIpc) is 3.65. The molecule has 0 aliphatic carbocycles. The Morgan fingerprint density at radius 3 is 2.40 bits per heavy atom. The van der Waals surface area contributed by atoms with Crippen molar-refractivity contribution in [3.8, 4) is 28.4 Å². The Balaban J connectivity index is 0.983. The predicted molar refractivity (Wildman–Crippen MR) is 230 cm³/mol. The lowest BCUT2D eigenvalue weighted by Gasteiger charge is -2.43. The van der Waals surface area contributed by atoms with Crippen LogP contribution in [0.25, 0.3) is 28.3 Å². The number of carbonyl (C=O) groups is 1. The van der Waals surface area contributed by atoms with Gasteiger partial charge in [0.05, 0.1) is 35.1 Å². The van der Waals surface area contributed by atoms with Crippen molar-refractivity contribution in [2.75, 3.05) is 80.0 Å². The number of aromatic nitrogens is 4. The minimum absolute atomic E-state index is 0.193. The second kappa shape index (κ2) is 17.7. The number of amides is 1. The highest BCUT2D eigenvalue weighted by molar-refractivity contribution is 7.90. The molecule has 60 heavy (non-hydrogen) atoms. The average molecular weight is 836 g/mol. The molecule has 2 aliphatic heterocycles. The number of anilines is 4. The van der Waals surface area contributed by atoms with E-state index in [4.69, 9.17) is 14.7 Å². The van der Waals surface area contributed by atoms with Crippen LogP contribution < -0.4 is 20.3 Å². The number of piperazine rings is 1. The maximum absolute atomic E-state index is 14.4. The highest BCUT2D eigenvalue weighted by atomic mass is 32.2. The number of imidazole rings is 1. The molecule has 312 valence electrons. The van der Waals surface area contributed by atoms with E-state index in [1.165, 1.54) is 12.3 Å². The maximum Gasteiger partial charge on any atom is 0.255 e. The van der Waals surface area contributed by atoms with E-state index in [1.54, 1.807) is 30.5 Å². The van der Waals surface area contributed by atoms with Crippen LogP contribution >= 0.6 is 0 Å². The third-order valence-electron chi connectivity index (χ3n) is 11.1. The van der Waals surface area contributed by atoms with Gasteiger partial charge in [0.15, 0.2) is 0 Å². The smallest absolute Gasteiger partial charge is 0.255 e. The molecular formula is C44H47F2N9O4S. The van der Waals surface area contributed by atoms with Gasteiger partial charge in [-0.3, -0.25) is 19.0 Å². The molecule has 0 saturated carbocycles. The molecule has 2 fully saturated rings. The fourth-order valence-electron chi connectivity index (χ4n) is 7.95.